The zero-order valence-corrected chi connectivity index (χ0v) is 11.2. The van der Waals surface area contributed by atoms with Gasteiger partial charge in [0.05, 0.1) is 13.2 Å². The Balaban J connectivity index is 1.63. The van der Waals surface area contributed by atoms with E-state index >= 15 is 0 Å². The summed E-state index contributed by atoms with van der Waals surface area (Å²) in [7, 11) is 1.81. The first kappa shape index (κ1) is 13.3. The van der Waals surface area contributed by atoms with Crippen molar-refractivity contribution in [1.29, 1.82) is 0 Å². The highest BCUT2D eigenvalue weighted by Gasteiger charge is 2.16. The van der Waals surface area contributed by atoms with Gasteiger partial charge in [0, 0.05) is 32.3 Å². The molecule has 1 aliphatic heterocycles. The van der Waals surface area contributed by atoms with Crippen LogP contribution < -0.4 is 0 Å². The molecule has 0 aromatic carbocycles. The summed E-state index contributed by atoms with van der Waals surface area (Å²) in [5.74, 6) is 1.07. The third-order valence-electron chi connectivity index (χ3n) is 2.71. The highest BCUT2D eigenvalue weighted by Crippen LogP contribution is 2.14. The lowest BCUT2D eigenvalue weighted by Gasteiger charge is -2.26. The van der Waals surface area contributed by atoms with Gasteiger partial charge < -0.3 is 9.64 Å². The Kier molecular flexibility index (Phi) is 4.94. The van der Waals surface area contributed by atoms with Crippen LogP contribution in [0.15, 0.2) is 5.16 Å². The Hall–Kier alpha value is -1.15. The number of aromatic nitrogens is 4. The molecule has 0 unspecified atom stereocenters. The highest BCUT2D eigenvalue weighted by atomic mass is 32.2. The van der Waals surface area contributed by atoms with Crippen LogP contribution in [0, 0.1) is 0 Å². The lowest BCUT2D eigenvalue weighted by molar-refractivity contribution is -0.135. The molecule has 0 atom stereocenters. The quantitative estimate of drug-likeness (QED) is 0.552. The van der Waals surface area contributed by atoms with Gasteiger partial charge in [-0.3, -0.25) is 4.79 Å². The van der Waals surface area contributed by atoms with Crippen LogP contribution in [-0.2, 0) is 16.6 Å². The van der Waals surface area contributed by atoms with Gasteiger partial charge in [-0.15, -0.1) is 5.10 Å². The van der Waals surface area contributed by atoms with Gasteiger partial charge in [0.25, 0.3) is 0 Å². The van der Waals surface area contributed by atoms with Gasteiger partial charge >= 0.3 is 0 Å². The Bertz CT molecular complexity index is 391. The van der Waals surface area contributed by atoms with Gasteiger partial charge in [-0.25, -0.2) is 4.68 Å². The number of carbonyl (C=O) groups excluding carboxylic acids is 1. The zero-order valence-electron chi connectivity index (χ0n) is 10.4. The molecule has 18 heavy (non-hydrogen) atoms. The molecular weight excluding hydrogens is 254 g/mol. The van der Waals surface area contributed by atoms with Crippen molar-refractivity contribution in [2.75, 3.05) is 32.1 Å². The average molecular weight is 271 g/mol. The second-order valence-corrected chi connectivity index (χ2v) is 5.09. The number of aryl methyl sites for hydroxylation is 1. The molecule has 0 aliphatic carbocycles. The summed E-state index contributed by atoms with van der Waals surface area (Å²) in [5, 5.41) is 12.0. The Morgan fingerprint density at radius 2 is 2.22 bits per heavy atom. The van der Waals surface area contributed by atoms with Crippen molar-refractivity contribution in [2.45, 2.75) is 18.0 Å². The van der Waals surface area contributed by atoms with E-state index in [0.717, 1.165) is 30.4 Å². The number of thioether (sulfide) groups is 1. The van der Waals surface area contributed by atoms with Crippen molar-refractivity contribution in [2.24, 2.45) is 7.05 Å². The van der Waals surface area contributed by atoms with Gasteiger partial charge in [0.15, 0.2) is 0 Å². The second-order valence-electron chi connectivity index (χ2n) is 4.03. The second kappa shape index (κ2) is 6.69. The van der Waals surface area contributed by atoms with E-state index < -0.39 is 0 Å². The number of rotatable bonds is 5. The summed E-state index contributed by atoms with van der Waals surface area (Å²) in [6.07, 6.45) is 1.42. The summed E-state index contributed by atoms with van der Waals surface area (Å²) in [6, 6.07) is 0. The monoisotopic (exact) mass is 271 g/mol. The number of tetrazole rings is 1. The maximum absolute atomic E-state index is 11.8. The molecule has 100 valence electrons. The number of hydrogen-bond acceptors (Lipinski definition) is 6. The third kappa shape index (κ3) is 3.67. The zero-order chi connectivity index (χ0) is 12.8. The summed E-state index contributed by atoms with van der Waals surface area (Å²) in [5.41, 5.74) is 0. The largest absolute Gasteiger partial charge is 0.378 e. The molecule has 1 aromatic rings. The van der Waals surface area contributed by atoms with E-state index in [0.29, 0.717) is 19.6 Å². The molecule has 7 nitrogen and oxygen atoms in total. The molecule has 0 saturated carbocycles. The van der Waals surface area contributed by atoms with Crippen LogP contribution in [0.2, 0.25) is 0 Å². The van der Waals surface area contributed by atoms with Gasteiger partial charge in [0.1, 0.15) is 0 Å². The SMILES string of the molecule is Cn1nnnc1SCCCC(=O)N1CCOCC1. The molecule has 0 radical (unpaired) electrons. The lowest BCUT2D eigenvalue weighted by Crippen LogP contribution is -2.40. The Morgan fingerprint density at radius 3 is 2.89 bits per heavy atom. The van der Waals surface area contributed by atoms with Gasteiger partial charge in [0.2, 0.25) is 11.1 Å². The van der Waals surface area contributed by atoms with Gasteiger partial charge in [-0.1, -0.05) is 11.8 Å². The van der Waals surface area contributed by atoms with Crippen molar-refractivity contribution in [1.82, 2.24) is 25.1 Å². The Labute approximate surface area is 110 Å². The average Bonchev–Trinajstić information content (AvgIpc) is 2.81. The summed E-state index contributed by atoms with van der Waals surface area (Å²) >= 11 is 1.57. The molecule has 1 aliphatic rings. The van der Waals surface area contributed by atoms with E-state index in [1.165, 1.54) is 0 Å². The minimum atomic E-state index is 0.218. The van der Waals surface area contributed by atoms with Crippen LogP contribution in [0.3, 0.4) is 0 Å². The molecule has 1 saturated heterocycles. The number of morpholine rings is 1. The summed E-state index contributed by atoms with van der Waals surface area (Å²) in [6.45, 7) is 2.76. The number of ether oxygens (including phenoxy) is 1. The molecule has 0 N–H and O–H groups in total. The minimum Gasteiger partial charge on any atom is -0.378 e. The fourth-order valence-electron chi connectivity index (χ4n) is 1.70. The van der Waals surface area contributed by atoms with Gasteiger partial charge in [-0.05, 0) is 16.8 Å². The molecule has 8 heteroatoms. The lowest BCUT2D eigenvalue weighted by atomic mass is 10.3. The first-order chi connectivity index (χ1) is 8.77. The highest BCUT2D eigenvalue weighted by molar-refractivity contribution is 7.99. The van der Waals surface area contributed by atoms with E-state index in [9.17, 15) is 4.79 Å². The number of amides is 1. The fourth-order valence-corrected chi connectivity index (χ4v) is 2.49. The molecule has 1 fully saturated rings. The third-order valence-corrected chi connectivity index (χ3v) is 3.81. The van der Waals surface area contributed by atoms with Crippen LogP contribution in [0.1, 0.15) is 12.8 Å². The standard InChI is InChI=1S/C10H17N5O2S/c1-14-10(11-12-13-14)18-8-2-3-9(16)15-4-6-17-7-5-15/h2-8H2,1H3. The predicted molar refractivity (Wildman–Crippen MR) is 66.2 cm³/mol. The van der Waals surface area contributed by atoms with Gasteiger partial charge in [-0.2, -0.15) is 0 Å². The summed E-state index contributed by atoms with van der Waals surface area (Å²) < 4.78 is 6.85. The first-order valence-corrected chi connectivity index (χ1v) is 6.96. The number of nitrogens with zero attached hydrogens (tertiary/aromatic N) is 5. The predicted octanol–water partition coefficient (Wildman–Crippen LogP) is -0.0588. The molecule has 0 bridgehead atoms. The molecule has 0 spiro atoms. The molecule has 2 heterocycles. The topological polar surface area (TPSA) is 73.1 Å². The van der Waals surface area contributed by atoms with Crippen LogP contribution in [0.4, 0.5) is 0 Å². The van der Waals surface area contributed by atoms with E-state index in [1.54, 1.807) is 23.5 Å². The minimum absolute atomic E-state index is 0.218. The van der Waals surface area contributed by atoms with Crippen LogP contribution >= 0.6 is 11.8 Å². The van der Waals surface area contributed by atoms with Crippen molar-refractivity contribution >= 4 is 17.7 Å². The fraction of sp³-hybridized carbons (Fsp3) is 0.800. The smallest absolute Gasteiger partial charge is 0.222 e. The van der Waals surface area contributed by atoms with E-state index in [2.05, 4.69) is 15.5 Å². The van der Waals surface area contributed by atoms with Crippen molar-refractivity contribution in [3.05, 3.63) is 0 Å². The molecule has 1 aromatic heterocycles. The molecule has 1 amide bonds. The van der Waals surface area contributed by atoms with Crippen LogP contribution in [0.5, 0.6) is 0 Å². The van der Waals surface area contributed by atoms with E-state index in [1.807, 2.05) is 4.90 Å². The molecular formula is C10H17N5O2S. The first-order valence-electron chi connectivity index (χ1n) is 5.98. The number of carbonyl (C=O) groups is 1. The maximum atomic E-state index is 11.8. The van der Waals surface area contributed by atoms with Crippen LogP contribution in [-0.4, -0.2) is 63.1 Å². The van der Waals surface area contributed by atoms with Crippen molar-refractivity contribution in [3.8, 4) is 0 Å². The van der Waals surface area contributed by atoms with Crippen molar-refractivity contribution < 1.29 is 9.53 Å². The number of hydrogen-bond donors (Lipinski definition) is 0. The summed E-state index contributed by atoms with van der Waals surface area (Å²) in [4.78, 5) is 13.7. The molecule has 2 rings (SSSR count). The van der Waals surface area contributed by atoms with E-state index in [4.69, 9.17) is 4.74 Å². The Morgan fingerprint density at radius 1 is 1.44 bits per heavy atom. The maximum Gasteiger partial charge on any atom is 0.222 e. The van der Waals surface area contributed by atoms with E-state index in [-0.39, 0.29) is 5.91 Å². The van der Waals surface area contributed by atoms with Crippen molar-refractivity contribution in [3.63, 3.8) is 0 Å². The normalized spacial score (nSPS) is 15.9. The van der Waals surface area contributed by atoms with Crippen LogP contribution in [0.25, 0.3) is 0 Å².